The van der Waals surface area contributed by atoms with Gasteiger partial charge in [-0.3, -0.25) is 14.3 Å². The zero-order valence-corrected chi connectivity index (χ0v) is 21.2. The van der Waals surface area contributed by atoms with E-state index in [0.29, 0.717) is 23.1 Å². The van der Waals surface area contributed by atoms with Crippen LogP contribution in [0.2, 0.25) is 0 Å². The zero-order valence-electron chi connectivity index (χ0n) is 20.4. The minimum Gasteiger partial charge on any atom is -0.396 e. The van der Waals surface area contributed by atoms with Crippen molar-refractivity contribution in [1.29, 1.82) is 0 Å². The topological polar surface area (TPSA) is 163 Å². The predicted molar refractivity (Wildman–Crippen MR) is 125 cm³/mol. The van der Waals surface area contributed by atoms with Gasteiger partial charge in [0.05, 0.1) is 6.61 Å². The van der Waals surface area contributed by atoms with Gasteiger partial charge in [-0.05, 0) is 29.9 Å². The summed E-state index contributed by atoms with van der Waals surface area (Å²) in [6.07, 6.45) is -2.00. The Morgan fingerprint density at radius 2 is 1.95 bits per heavy atom. The highest BCUT2D eigenvalue weighted by Gasteiger charge is 2.45. The lowest BCUT2D eigenvalue weighted by Gasteiger charge is -2.38. The molecule has 5 N–H and O–H groups in total. The van der Waals surface area contributed by atoms with Gasteiger partial charge in [0.1, 0.15) is 5.69 Å². The van der Waals surface area contributed by atoms with Crippen molar-refractivity contribution < 1.29 is 48.3 Å². The first-order valence-corrected chi connectivity index (χ1v) is 12.2. The summed E-state index contributed by atoms with van der Waals surface area (Å²) < 4.78 is 39.8. The van der Waals surface area contributed by atoms with Gasteiger partial charge in [-0.15, -0.1) is 11.3 Å². The van der Waals surface area contributed by atoms with Crippen LogP contribution in [-0.2, 0) is 20.4 Å². The van der Waals surface area contributed by atoms with Gasteiger partial charge in [0.2, 0.25) is 5.91 Å². The van der Waals surface area contributed by atoms with Gasteiger partial charge in [-0.25, -0.2) is 13.3 Å². The highest BCUT2D eigenvalue weighted by molar-refractivity contribution is 7.07. The zero-order chi connectivity index (χ0) is 27.6. The average molecular weight is 546 g/mol. The Labute approximate surface area is 214 Å². The van der Waals surface area contributed by atoms with Crippen molar-refractivity contribution in [2.24, 2.45) is 16.3 Å². The van der Waals surface area contributed by atoms with Crippen LogP contribution in [-0.4, -0.2) is 56.0 Å². The van der Waals surface area contributed by atoms with Gasteiger partial charge in [-0.2, -0.15) is 4.99 Å². The number of carbonyl (C=O) groups excluding carboxylic acids is 2. The third-order valence-electron chi connectivity index (χ3n) is 5.30. The third-order valence-corrected chi connectivity index (χ3v) is 6.06. The minimum absolute atomic E-state index is 0.00718. The fraction of sp³-hybridized carbons (Fsp3) is 0.522. The number of carbonyl (C=O) groups is 2. The molecule has 0 aliphatic carbocycles. The smallest absolute Gasteiger partial charge is 0.382 e. The van der Waals surface area contributed by atoms with Crippen LogP contribution in [0.5, 0.6) is 0 Å². The van der Waals surface area contributed by atoms with Gasteiger partial charge >= 0.3 is 6.10 Å². The number of ether oxygens (including phenoxy) is 2. The van der Waals surface area contributed by atoms with Gasteiger partial charge in [-0.1, -0.05) is 20.8 Å². The molecule has 2 atom stereocenters. The van der Waals surface area contributed by atoms with Crippen molar-refractivity contribution in [2.75, 3.05) is 18.5 Å². The summed E-state index contributed by atoms with van der Waals surface area (Å²) in [4.78, 5) is 28.0. The van der Waals surface area contributed by atoms with Gasteiger partial charge < -0.3 is 30.5 Å². The highest BCUT2D eigenvalue weighted by atomic mass is 32.1. The number of benzene rings is 1. The fourth-order valence-corrected chi connectivity index (χ4v) is 4.34. The van der Waals surface area contributed by atoms with Crippen LogP contribution in [0, 0.1) is 23.0 Å². The Bertz CT molecular complexity index is 1200. The van der Waals surface area contributed by atoms with Crippen molar-refractivity contribution in [2.45, 2.75) is 52.1 Å². The number of nitrogens with zero attached hydrogens (tertiary/aromatic N) is 2. The van der Waals surface area contributed by atoms with Crippen LogP contribution >= 0.6 is 11.3 Å². The standard InChI is InChI=1S/C23H29F2N3O8S/c1-21(2,3)11-17(30)26-18-15(24)8-14(9-16(18)25)19(31)27-20-28(5-7-37-20)23(33,34)36-22(32)10-13(12-29)4-6-35-22/h5,7-9,13,29,32-34H,4,6,10-12H2,1-3H3,(H,26,30). The Kier molecular flexibility index (Phi) is 8.64. The van der Waals surface area contributed by atoms with Crippen LogP contribution in [0.25, 0.3) is 0 Å². The first-order valence-electron chi connectivity index (χ1n) is 11.3. The molecule has 0 saturated carbocycles. The molecule has 1 aromatic heterocycles. The number of aliphatic hydroxyl groups excluding tert-OH is 1. The molecule has 14 heteroatoms. The van der Waals surface area contributed by atoms with E-state index in [1.807, 2.05) is 0 Å². The van der Waals surface area contributed by atoms with E-state index in [4.69, 9.17) is 9.47 Å². The number of halogens is 2. The van der Waals surface area contributed by atoms with E-state index in [9.17, 15) is 38.8 Å². The lowest BCUT2D eigenvalue weighted by Crippen LogP contribution is -2.53. The molecule has 1 saturated heterocycles. The molecule has 0 radical (unpaired) electrons. The number of aromatic nitrogens is 1. The van der Waals surface area contributed by atoms with E-state index in [2.05, 4.69) is 10.3 Å². The van der Waals surface area contributed by atoms with Crippen molar-refractivity contribution in [3.05, 3.63) is 45.7 Å². The molecule has 37 heavy (non-hydrogen) atoms. The fourth-order valence-electron chi connectivity index (χ4n) is 3.61. The Morgan fingerprint density at radius 1 is 1.30 bits per heavy atom. The highest BCUT2D eigenvalue weighted by Crippen LogP contribution is 2.32. The molecule has 2 aromatic rings. The van der Waals surface area contributed by atoms with Crippen LogP contribution in [0.3, 0.4) is 0 Å². The maximum Gasteiger partial charge on any atom is 0.382 e. The largest absolute Gasteiger partial charge is 0.396 e. The molecule has 0 bridgehead atoms. The summed E-state index contributed by atoms with van der Waals surface area (Å²) in [6, 6.07) is 1.38. The molecule has 2 unspecified atom stereocenters. The molecular formula is C23H29F2N3O8S. The van der Waals surface area contributed by atoms with Crippen LogP contribution in [0.15, 0.2) is 28.7 Å². The summed E-state index contributed by atoms with van der Waals surface area (Å²) in [6.45, 7) is 5.04. The first kappa shape index (κ1) is 29.0. The number of anilines is 1. The SMILES string of the molecule is CC(C)(C)CC(=O)Nc1c(F)cc(C(=O)N=c2sccn2C(O)(O)OC2(O)CC(CO)CCO2)cc1F. The van der Waals surface area contributed by atoms with E-state index in [1.54, 1.807) is 20.8 Å². The molecular weight excluding hydrogens is 516 g/mol. The molecule has 204 valence electrons. The van der Waals surface area contributed by atoms with E-state index in [-0.39, 0.29) is 30.9 Å². The van der Waals surface area contributed by atoms with Gasteiger partial charge in [0.25, 0.3) is 11.9 Å². The molecule has 0 spiro atoms. The maximum absolute atomic E-state index is 14.6. The number of hydrogen-bond donors (Lipinski definition) is 5. The van der Waals surface area contributed by atoms with E-state index >= 15 is 0 Å². The lowest BCUT2D eigenvalue weighted by molar-refractivity contribution is -0.522. The molecule has 2 amide bonds. The van der Waals surface area contributed by atoms with Crippen molar-refractivity contribution >= 4 is 28.8 Å². The summed E-state index contributed by atoms with van der Waals surface area (Å²) in [7, 11) is 0. The number of rotatable bonds is 7. The van der Waals surface area contributed by atoms with Crippen molar-refractivity contribution in [3.63, 3.8) is 0 Å². The number of nitrogens with one attached hydrogen (secondary N) is 1. The number of thiazole rings is 1. The van der Waals surface area contributed by atoms with Crippen LogP contribution < -0.4 is 10.1 Å². The summed E-state index contributed by atoms with van der Waals surface area (Å²) in [5, 5.41) is 44.2. The van der Waals surface area contributed by atoms with Crippen molar-refractivity contribution in [3.8, 4) is 0 Å². The second-order valence-electron chi connectivity index (χ2n) is 9.85. The van der Waals surface area contributed by atoms with E-state index in [0.717, 1.165) is 17.5 Å². The minimum atomic E-state index is -3.25. The number of hydrogen-bond acceptors (Lipinski definition) is 9. The first-order chi connectivity index (χ1) is 17.1. The maximum atomic E-state index is 14.6. The summed E-state index contributed by atoms with van der Waals surface area (Å²) in [5.41, 5.74) is -1.64. The van der Waals surface area contributed by atoms with Gasteiger partial charge in [0.15, 0.2) is 16.4 Å². The summed E-state index contributed by atoms with van der Waals surface area (Å²) in [5.74, 6) is -7.01. The summed E-state index contributed by atoms with van der Waals surface area (Å²) >= 11 is 0.759. The Morgan fingerprint density at radius 3 is 2.54 bits per heavy atom. The van der Waals surface area contributed by atoms with E-state index < -0.39 is 58.1 Å². The van der Waals surface area contributed by atoms with Gasteiger partial charge in [0, 0.05) is 36.6 Å². The molecule has 1 aliphatic rings. The lowest BCUT2D eigenvalue weighted by atomic mass is 9.92. The third kappa shape index (κ3) is 7.47. The quantitative estimate of drug-likeness (QED) is 0.328. The number of amides is 2. The molecule has 11 nitrogen and oxygen atoms in total. The number of aliphatic hydroxyl groups is 4. The predicted octanol–water partition coefficient (Wildman–Crippen LogP) is 1.58. The Balaban J connectivity index is 1.83. The normalized spacial score (nSPS) is 21.2. The monoisotopic (exact) mass is 545 g/mol. The second-order valence-corrected chi connectivity index (χ2v) is 10.7. The van der Waals surface area contributed by atoms with Crippen LogP contribution in [0.4, 0.5) is 14.5 Å². The van der Waals surface area contributed by atoms with Crippen molar-refractivity contribution in [1.82, 2.24) is 4.57 Å². The van der Waals surface area contributed by atoms with Crippen LogP contribution in [0.1, 0.15) is 50.4 Å². The second kappa shape index (κ2) is 11.0. The molecule has 1 fully saturated rings. The molecule has 3 rings (SSSR count). The molecule has 2 heterocycles. The average Bonchev–Trinajstić information content (AvgIpc) is 3.23. The Hall–Kier alpha value is -2.59. The molecule has 1 aromatic carbocycles. The van der Waals surface area contributed by atoms with E-state index in [1.165, 1.54) is 5.38 Å². The molecule has 1 aliphatic heterocycles.